The van der Waals surface area contributed by atoms with Crippen molar-refractivity contribution in [2.24, 2.45) is 17.8 Å². The van der Waals surface area contributed by atoms with Crippen LogP contribution in [-0.4, -0.2) is 23.4 Å². The average molecular weight is 302 g/mol. The van der Waals surface area contributed by atoms with Crippen molar-refractivity contribution in [1.82, 2.24) is 0 Å². The molecule has 0 N–H and O–H groups in total. The Morgan fingerprint density at radius 1 is 0.667 bits per heavy atom. The predicted molar refractivity (Wildman–Crippen MR) is 83.5 cm³/mol. The van der Waals surface area contributed by atoms with Crippen LogP contribution >= 0.6 is 0 Å². The SMILES string of the molecule is CC1CC(C)C(OOC(C)(C)C)C(C)C1OOC(C)(C)C. The highest BCUT2D eigenvalue weighted by Gasteiger charge is 2.42. The Labute approximate surface area is 130 Å². The molecule has 0 radical (unpaired) electrons. The van der Waals surface area contributed by atoms with Crippen molar-refractivity contribution in [1.29, 1.82) is 0 Å². The van der Waals surface area contributed by atoms with E-state index in [9.17, 15) is 0 Å². The molecule has 0 aromatic rings. The van der Waals surface area contributed by atoms with E-state index in [0.29, 0.717) is 11.8 Å². The molecule has 4 heteroatoms. The van der Waals surface area contributed by atoms with E-state index < -0.39 is 0 Å². The van der Waals surface area contributed by atoms with Crippen molar-refractivity contribution in [3.05, 3.63) is 0 Å². The quantitative estimate of drug-likeness (QED) is 0.565. The first kappa shape index (κ1) is 18.9. The lowest BCUT2D eigenvalue weighted by Gasteiger charge is -2.43. The molecule has 126 valence electrons. The molecule has 4 nitrogen and oxygen atoms in total. The molecule has 0 heterocycles. The number of rotatable bonds is 4. The summed E-state index contributed by atoms with van der Waals surface area (Å²) < 4.78 is 0. The van der Waals surface area contributed by atoms with Gasteiger partial charge in [-0.15, -0.1) is 0 Å². The Balaban J connectivity index is 2.68. The highest BCUT2D eigenvalue weighted by atomic mass is 17.2. The molecule has 1 saturated carbocycles. The van der Waals surface area contributed by atoms with Gasteiger partial charge in [-0.05, 0) is 59.8 Å². The second kappa shape index (κ2) is 6.95. The zero-order chi connectivity index (χ0) is 16.4. The summed E-state index contributed by atoms with van der Waals surface area (Å²) in [6.07, 6.45) is 1.09. The molecular weight excluding hydrogens is 268 g/mol. The fourth-order valence-electron chi connectivity index (χ4n) is 2.84. The first-order valence-electron chi connectivity index (χ1n) is 8.09. The molecule has 1 aliphatic rings. The van der Waals surface area contributed by atoms with Gasteiger partial charge in [0.1, 0.15) is 12.2 Å². The third-order valence-electron chi connectivity index (χ3n) is 3.72. The van der Waals surface area contributed by atoms with Crippen LogP contribution in [0.5, 0.6) is 0 Å². The van der Waals surface area contributed by atoms with Crippen LogP contribution in [-0.2, 0) is 19.6 Å². The molecule has 1 rings (SSSR count). The van der Waals surface area contributed by atoms with Crippen molar-refractivity contribution < 1.29 is 19.6 Å². The van der Waals surface area contributed by atoms with Crippen LogP contribution in [0, 0.1) is 17.8 Å². The molecule has 4 unspecified atom stereocenters. The molecule has 0 aliphatic heterocycles. The Kier molecular flexibility index (Phi) is 6.25. The summed E-state index contributed by atoms with van der Waals surface area (Å²) in [5.74, 6) is 1.09. The first-order valence-corrected chi connectivity index (χ1v) is 8.09. The number of hydrogen-bond donors (Lipinski definition) is 0. The van der Waals surface area contributed by atoms with Gasteiger partial charge in [-0.25, -0.2) is 19.6 Å². The zero-order valence-electron chi connectivity index (χ0n) is 15.2. The molecule has 0 saturated heterocycles. The molecule has 0 aromatic carbocycles. The Bertz CT molecular complexity index is 286. The Hall–Kier alpha value is -0.160. The minimum Gasteiger partial charge on any atom is -0.232 e. The predicted octanol–water partition coefficient (Wildman–Crippen LogP) is 4.53. The smallest absolute Gasteiger partial charge is 0.101 e. The zero-order valence-corrected chi connectivity index (χ0v) is 15.2. The molecule has 0 amide bonds. The van der Waals surface area contributed by atoms with Gasteiger partial charge in [0.15, 0.2) is 0 Å². The topological polar surface area (TPSA) is 36.9 Å². The third-order valence-corrected chi connectivity index (χ3v) is 3.72. The summed E-state index contributed by atoms with van der Waals surface area (Å²) in [7, 11) is 0. The van der Waals surface area contributed by atoms with Crippen molar-refractivity contribution in [3.63, 3.8) is 0 Å². The van der Waals surface area contributed by atoms with Gasteiger partial charge >= 0.3 is 0 Å². The van der Waals surface area contributed by atoms with E-state index in [4.69, 9.17) is 19.6 Å². The van der Waals surface area contributed by atoms with Gasteiger partial charge in [-0.1, -0.05) is 20.8 Å². The maximum atomic E-state index is 5.75. The van der Waals surface area contributed by atoms with Gasteiger partial charge in [0, 0.05) is 5.92 Å². The van der Waals surface area contributed by atoms with Crippen LogP contribution in [0.1, 0.15) is 68.7 Å². The molecule has 1 aliphatic carbocycles. The minimum atomic E-state index is -0.305. The third kappa shape index (κ3) is 6.23. The van der Waals surface area contributed by atoms with Gasteiger partial charge in [0.05, 0.1) is 11.2 Å². The van der Waals surface area contributed by atoms with Crippen LogP contribution in [0.15, 0.2) is 0 Å². The minimum absolute atomic E-state index is 0.0222. The van der Waals surface area contributed by atoms with E-state index >= 15 is 0 Å². The van der Waals surface area contributed by atoms with Crippen LogP contribution in [0.2, 0.25) is 0 Å². The van der Waals surface area contributed by atoms with E-state index in [0.717, 1.165) is 6.42 Å². The van der Waals surface area contributed by atoms with Crippen LogP contribution in [0.4, 0.5) is 0 Å². The number of hydrogen-bond acceptors (Lipinski definition) is 4. The summed E-state index contributed by atoms with van der Waals surface area (Å²) in [5.41, 5.74) is -0.610. The van der Waals surface area contributed by atoms with E-state index in [1.165, 1.54) is 0 Å². The van der Waals surface area contributed by atoms with Gasteiger partial charge in [0.2, 0.25) is 0 Å². The van der Waals surface area contributed by atoms with Crippen LogP contribution in [0.3, 0.4) is 0 Å². The highest BCUT2D eigenvalue weighted by molar-refractivity contribution is 4.88. The fraction of sp³-hybridized carbons (Fsp3) is 1.00. The molecule has 4 atom stereocenters. The average Bonchev–Trinajstić information content (AvgIpc) is 2.24. The van der Waals surface area contributed by atoms with E-state index in [1.54, 1.807) is 0 Å². The summed E-state index contributed by atoms with van der Waals surface area (Å²) in [6.45, 7) is 18.5. The van der Waals surface area contributed by atoms with E-state index in [-0.39, 0.29) is 29.3 Å². The molecule has 0 bridgehead atoms. The van der Waals surface area contributed by atoms with Crippen molar-refractivity contribution in [2.45, 2.75) is 92.1 Å². The van der Waals surface area contributed by atoms with Crippen LogP contribution in [0.25, 0.3) is 0 Å². The summed E-state index contributed by atoms with van der Waals surface area (Å²) in [4.78, 5) is 22.6. The second-order valence-corrected chi connectivity index (χ2v) is 8.56. The van der Waals surface area contributed by atoms with Crippen molar-refractivity contribution in [3.8, 4) is 0 Å². The lowest BCUT2D eigenvalue weighted by molar-refractivity contribution is -0.425. The maximum absolute atomic E-state index is 5.75. The molecule has 1 fully saturated rings. The molecular formula is C17H34O4. The molecule has 0 spiro atoms. The normalized spacial score (nSPS) is 35.0. The molecule has 21 heavy (non-hydrogen) atoms. The Morgan fingerprint density at radius 3 is 1.29 bits per heavy atom. The van der Waals surface area contributed by atoms with Crippen LogP contribution < -0.4 is 0 Å². The van der Waals surface area contributed by atoms with E-state index in [1.807, 2.05) is 41.5 Å². The van der Waals surface area contributed by atoms with Crippen molar-refractivity contribution in [2.75, 3.05) is 0 Å². The van der Waals surface area contributed by atoms with Gasteiger partial charge in [0.25, 0.3) is 0 Å². The second-order valence-electron chi connectivity index (χ2n) is 8.56. The first-order chi connectivity index (χ1) is 9.41. The van der Waals surface area contributed by atoms with Crippen molar-refractivity contribution >= 4 is 0 Å². The Morgan fingerprint density at radius 2 is 1.00 bits per heavy atom. The van der Waals surface area contributed by atoms with Gasteiger partial charge in [-0.2, -0.15) is 0 Å². The summed E-state index contributed by atoms with van der Waals surface area (Å²) in [5, 5.41) is 0. The van der Waals surface area contributed by atoms with E-state index in [2.05, 4.69) is 20.8 Å². The standard InChI is InChI=1S/C17H34O4/c1-11-10-12(2)15(19-21-17(7,8)9)13(3)14(11)18-20-16(4,5)6/h11-15H,10H2,1-9H3. The largest absolute Gasteiger partial charge is 0.232 e. The monoisotopic (exact) mass is 302 g/mol. The summed E-state index contributed by atoms with van der Waals surface area (Å²) >= 11 is 0. The fourth-order valence-corrected chi connectivity index (χ4v) is 2.84. The van der Waals surface area contributed by atoms with Gasteiger partial charge in [-0.3, -0.25) is 0 Å². The lowest BCUT2D eigenvalue weighted by atomic mass is 9.73. The van der Waals surface area contributed by atoms with Gasteiger partial charge < -0.3 is 0 Å². The maximum Gasteiger partial charge on any atom is 0.101 e. The summed E-state index contributed by atoms with van der Waals surface area (Å²) in [6, 6.07) is 0. The highest BCUT2D eigenvalue weighted by Crippen LogP contribution is 2.38. The molecule has 0 aromatic heterocycles. The lowest BCUT2D eigenvalue weighted by Crippen LogP contribution is -2.48.